The van der Waals surface area contributed by atoms with Crippen molar-refractivity contribution in [2.45, 2.75) is 52.0 Å². The van der Waals surface area contributed by atoms with Gasteiger partial charge in [-0.1, -0.05) is 50.3 Å². The first kappa shape index (κ1) is 13.9. The average Bonchev–Trinajstić information content (AvgIpc) is 2.77. The van der Waals surface area contributed by atoms with Crippen molar-refractivity contribution in [1.82, 2.24) is 0 Å². The van der Waals surface area contributed by atoms with E-state index >= 15 is 0 Å². The standard InChI is InChI=1S/C16H25N3/c1-3-4-5-6-7-15-12-18-16(17)19(15)14-10-8-13(2)9-11-14/h8-11,15H,3-7,12H2,1-2H3,(H2,17,18). The molecule has 1 atom stereocenters. The summed E-state index contributed by atoms with van der Waals surface area (Å²) < 4.78 is 0. The molecule has 104 valence electrons. The Hall–Kier alpha value is -1.51. The topological polar surface area (TPSA) is 41.6 Å². The first-order valence-electron chi connectivity index (χ1n) is 7.38. The summed E-state index contributed by atoms with van der Waals surface area (Å²) in [6.07, 6.45) is 6.37. The van der Waals surface area contributed by atoms with Crippen LogP contribution in [0.1, 0.15) is 44.6 Å². The van der Waals surface area contributed by atoms with Crippen LogP contribution in [-0.2, 0) is 0 Å². The Morgan fingerprint density at radius 2 is 1.95 bits per heavy atom. The van der Waals surface area contributed by atoms with Gasteiger partial charge in [0.2, 0.25) is 0 Å². The first-order chi connectivity index (χ1) is 9.22. The molecule has 1 heterocycles. The summed E-state index contributed by atoms with van der Waals surface area (Å²) >= 11 is 0. The highest BCUT2D eigenvalue weighted by atomic mass is 15.3. The second-order valence-corrected chi connectivity index (χ2v) is 5.41. The van der Waals surface area contributed by atoms with Gasteiger partial charge in [0.1, 0.15) is 0 Å². The average molecular weight is 259 g/mol. The van der Waals surface area contributed by atoms with Crippen LogP contribution in [0.5, 0.6) is 0 Å². The molecule has 3 nitrogen and oxygen atoms in total. The number of anilines is 1. The van der Waals surface area contributed by atoms with Gasteiger partial charge in [0, 0.05) is 5.69 Å². The smallest absolute Gasteiger partial charge is 0.196 e. The van der Waals surface area contributed by atoms with Crippen LogP contribution in [0.3, 0.4) is 0 Å². The number of rotatable bonds is 6. The number of hydrogen-bond acceptors (Lipinski definition) is 3. The van der Waals surface area contributed by atoms with E-state index in [4.69, 9.17) is 5.73 Å². The number of aryl methyl sites for hydroxylation is 1. The van der Waals surface area contributed by atoms with E-state index in [9.17, 15) is 0 Å². The molecule has 2 rings (SSSR count). The molecular weight excluding hydrogens is 234 g/mol. The van der Waals surface area contributed by atoms with Crippen LogP contribution in [0.2, 0.25) is 0 Å². The van der Waals surface area contributed by atoms with Crippen molar-refractivity contribution in [3.05, 3.63) is 29.8 Å². The molecule has 0 amide bonds. The minimum atomic E-state index is 0.444. The van der Waals surface area contributed by atoms with Gasteiger partial charge in [-0.15, -0.1) is 0 Å². The fraction of sp³-hybridized carbons (Fsp3) is 0.562. The number of unbranched alkanes of at least 4 members (excludes halogenated alkanes) is 3. The Balaban J connectivity index is 1.99. The monoisotopic (exact) mass is 259 g/mol. The Morgan fingerprint density at radius 3 is 2.63 bits per heavy atom. The van der Waals surface area contributed by atoms with E-state index in [0.29, 0.717) is 12.0 Å². The maximum atomic E-state index is 6.05. The second-order valence-electron chi connectivity index (χ2n) is 5.41. The molecule has 1 aliphatic rings. The molecule has 1 unspecified atom stereocenters. The summed E-state index contributed by atoms with van der Waals surface area (Å²) in [6.45, 7) is 5.19. The van der Waals surface area contributed by atoms with Crippen LogP contribution in [0.15, 0.2) is 29.3 Å². The van der Waals surface area contributed by atoms with Crippen molar-refractivity contribution in [3.63, 3.8) is 0 Å². The highest BCUT2D eigenvalue weighted by Crippen LogP contribution is 2.24. The van der Waals surface area contributed by atoms with Crippen LogP contribution in [0, 0.1) is 6.92 Å². The zero-order chi connectivity index (χ0) is 13.7. The lowest BCUT2D eigenvalue weighted by molar-refractivity contribution is 0.565. The van der Waals surface area contributed by atoms with Crippen LogP contribution >= 0.6 is 0 Å². The van der Waals surface area contributed by atoms with Gasteiger partial charge in [-0.25, -0.2) is 0 Å². The molecule has 0 fully saturated rings. The lowest BCUT2D eigenvalue weighted by atomic mass is 10.1. The second kappa shape index (κ2) is 6.60. The van der Waals surface area contributed by atoms with Crippen LogP contribution in [-0.4, -0.2) is 18.5 Å². The number of nitrogens with two attached hydrogens (primary N) is 1. The van der Waals surface area contributed by atoms with Crippen LogP contribution in [0.25, 0.3) is 0 Å². The third-order valence-corrected chi connectivity index (χ3v) is 3.78. The highest BCUT2D eigenvalue weighted by Gasteiger charge is 2.26. The van der Waals surface area contributed by atoms with Crippen molar-refractivity contribution < 1.29 is 0 Å². The minimum absolute atomic E-state index is 0.444. The molecule has 1 aliphatic heterocycles. The Kier molecular flexibility index (Phi) is 4.83. The van der Waals surface area contributed by atoms with E-state index in [1.165, 1.54) is 43.4 Å². The maximum absolute atomic E-state index is 6.05. The lowest BCUT2D eigenvalue weighted by Gasteiger charge is -2.26. The molecule has 0 spiro atoms. The van der Waals surface area contributed by atoms with E-state index in [-0.39, 0.29) is 0 Å². The van der Waals surface area contributed by atoms with Gasteiger partial charge < -0.3 is 10.6 Å². The third-order valence-electron chi connectivity index (χ3n) is 3.78. The minimum Gasteiger partial charge on any atom is -0.370 e. The van der Waals surface area contributed by atoms with E-state index in [2.05, 4.69) is 48.0 Å². The van der Waals surface area contributed by atoms with Gasteiger partial charge in [-0.05, 0) is 25.5 Å². The van der Waals surface area contributed by atoms with Crippen molar-refractivity contribution in [1.29, 1.82) is 0 Å². The Labute approximate surface area is 116 Å². The zero-order valence-electron chi connectivity index (χ0n) is 12.1. The number of guanidine groups is 1. The fourth-order valence-corrected chi connectivity index (χ4v) is 2.62. The molecular formula is C16H25N3. The van der Waals surface area contributed by atoms with Crippen molar-refractivity contribution >= 4 is 11.6 Å². The molecule has 0 saturated heterocycles. The van der Waals surface area contributed by atoms with Gasteiger partial charge in [-0.2, -0.15) is 0 Å². The quantitative estimate of drug-likeness (QED) is 0.795. The molecule has 1 aromatic carbocycles. The van der Waals surface area contributed by atoms with Crippen molar-refractivity contribution in [3.8, 4) is 0 Å². The summed E-state index contributed by atoms with van der Waals surface area (Å²) in [5.41, 5.74) is 8.49. The molecule has 0 aromatic heterocycles. The van der Waals surface area contributed by atoms with Crippen LogP contribution in [0.4, 0.5) is 5.69 Å². The summed E-state index contributed by atoms with van der Waals surface area (Å²) in [5.74, 6) is 0.671. The molecule has 0 radical (unpaired) electrons. The third kappa shape index (κ3) is 3.49. The largest absolute Gasteiger partial charge is 0.370 e. The van der Waals surface area contributed by atoms with Crippen LogP contribution < -0.4 is 10.6 Å². The molecule has 0 saturated carbocycles. The van der Waals surface area contributed by atoms with Crippen molar-refractivity contribution in [2.24, 2.45) is 10.7 Å². The Bertz CT molecular complexity index is 422. The number of benzene rings is 1. The molecule has 2 N–H and O–H groups in total. The van der Waals surface area contributed by atoms with Gasteiger partial charge in [0.05, 0.1) is 12.6 Å². The van der Waals surface area contributed by atoms with Crippen molar-refractivity contribution in [2.75, 3.05) is 11.4 Å². The van der Waals surface area contributed by atoms with Gasteiger partial charge in [-0.3, -0.25) is 4.99 Å². The SMILES string of the molecule is CCCCCCC1CN=C(N)N1c1ccc(C)cc1. The summed E-state index contributed by atoms with van der Waals surface area (Å²) in [6, 6.07) is 8.99. The number of hydrogen-bond donors (Lipinski definition) is 1. The normalized spacial score (nSPS) is 18.7. The lowest BCUT2D eigenvalue weighted by Crippen LogP contribution is -2.40. The molecule has 3 heteroatoms. The number of aliphatic imine (C=N–C) groups is 1. The zero-order valence-corrected chi connectivity index (χ0v) is 12.1. The molecule has 0 aliphatic carbocycles. The highest BCUT2D eigenvalue weighted by molar-refractivity contribution is 5.97. The van der Waals surface area contributed by atoms with Gasteiger partial charge in [0.25, 0.3) is 0 Å². The summed E-state index contributed by atoms with van der Waals surface area (Å²) in [4.78, 5) is 6.62. The number of nitrogens with zero attached hydrogens (tertiary/aromatic N) is 2. The predicted octanol–water partition coefficient (Wildman–Crippen LogP) is 3.47. The first-order valence-corrected chi connectivity index (χ1v) is 7.38. The van der Waals surface area contributed by atoms with E-state index in [0.717, 1.165) is 6.54 Å². The molecule has 0 bridgehead atoms. The fourth-order valence-electron chi connectivity index (χ4n) is 2.62. The van der Waals surface area contributed by atoms with E-state index in [1.54, 1.807) is 0 Å². The molecule has 1 aromatic rings. The van der Waals surface area contributed by atoms with Gasteiger partial charge >= 0.3 is 0 Å². The predicted molar refractivity (Wildman–Crippen MR) is 82.7 cm³/mol. The maximum Gasteiger partial charge on any atom is 0.196 e. The molecule has 19 heavy (non-hydrogen) atoms. The van der Waals surface area contributed by atoms with E-state index in [1.807, 2.05) is 0 Å². The Morgan fingerprint density at radius 1 is 1.21 bits per heavy atom. The van der Waals surface area contributed by atoms with E-state index < -0.39 is 0 Å². The summed E-state index contributed by atoms with van der Waals surface area (Å²) in [7, 11) is 0. The summed E-state index contributed by atoms with van der Waals surface area (Å²) in [5, 5.41) is 0. The van der Waals surface area contributed by atoms with Gasteiger partial charge in [0.15, 0.2) is 5.96 Å².